The molecule has 0 aromatic heterocycles. The minimum absolute atomic E-state index is 0. The Bertz CT molecular complexity index is 3010. The molecule has 0 N–H and O–H groups in total. The van der Waals surface area contributed by atoms with E-state index in [4.69, 9.17) is 0 Å². The van der Waals surface area contributed by atoms with Crippen LogP contribution in [0.4, 0.5) is 0 Å². The van der Waals surface area contributed by atoms with Gasteiger partial charge >= 0.3 is 305 Å². The quantitative estimate of drug-likeness (QED) is 0.105. The number of benzene rings is 8. The first kappa shape index (κ1) is 68.4. The van der Waals surface area contributed by atoms with Crippen LogP contribution in [0.3, 0.4) is 0 Å². The molecule has 0 amide bonds. The van der Waals surface area contributed by atoms with Gasteiger partial charge in [0.1, 0.15) is 0 Å². The molecule has 0 saturated heterocycles. The molecule has 0 heterocycles. The zero-order valence-corrected chi connectivity index (χ0v) is 63.1. The monoisotopic (exact) mass is 1510 g/mol. The summed E-state index contributed by atoms with van der Waals surface area (Å²) in [5.41, 5.74) is 16.6. The Labute approximate surface area is 540 Å². The summed E-state index contributed by atoms with van der Waals surface area (Å²) in [6.45, 7) is 28.9. The number of halogens is 2. The first-order valence-corrected chi connectivity index (χ1v) is 45.9. The van der Waals surface area contributed by atoms with Crippen LogP contribution in [0.2, 0.25) is 78.6 Å². The van der Waals surface area contributed by atoms with Crippen molar-refractivity contribution in [2.45, 2.75) is 104 Å². The van der Waals surface area contributed by atoms with E-state index in [1.807, 2.05) is 36.4 Å². The topological polar surface area (TPSA) is 0 Å². The molecule has 0 aliphatic heterocycles. The second kappa shape index (κ2) is 31.7. The molecular formula is C74H80Cl2Hf2Si4-2. The van der Waals surface area contributed by atoms with Gasteiger partial charge in [-0.3, -0.25) is 12.2 Å². The van der Waals surface area contributed by atoms with Gasteiger partial charge in [-0.05, 0) is 12.8 Å². The van der Waals surface area contributed by atoms with Crippen LogP contribution < -0.4 is 45.6 Å². The van der Waals surface area contributed by atoms with Crippen LogP contribution in [-0.2, 0) is 60.6 Å². The maximum Gasteiger partial charge on any atom is -0.0253 e. The van der Waals surface area contributed by atoms with E-state index in [1.165, 1.54) is 73.3 Å². The Morgan fingerprint density at radius 2 is 0.610 bits per heavy atom. The molecule has 8 heteroatoms. The fourth-order valence-electron chi connectivity index (χ4n) is 9.56. The Kier molecular flexibility index (Phi) is 26.4. The first-order valence-electron chi connectivity index (χ1n) is 28.3. The summed E-state index contributed by atoms with van der Waals surface area (Å²) in [4.78, 5) is 0. The third kappa shape index (κ3) is 19.9. The zero-order chi connectivity index (χ0) is 57.5. The fourth-order valence-corrected chi connectivity index (χ4v) is 16.6. The molecule has 416 valence electrons. The maximum absolute atomic E-state index is 3.30. The van der Waals surface area contributed by atoms with Crippen molar-refractivity contribution in [2.75, 3.05) is 0 Å². The van der Waals surface area contributed by atoms with Crippen LogP contribution in [0.5, 0.6) is 0 Å². The fraction of sp³-hybridized carbons (Fsp3) is 0.216. The second-order valence-corrected chi connectivity index (χ2v) is 48.8. The zero-order valence-electron chi connectivity index (χ0n) is 50.4. The van der Waals surface area contributed by atoms with Crippen LogP contribution in [0.25, 0.3) is 22.3 Å². The van der Waals surface area contributed by atoms with Crippen molar-refractivity contribution < 1.29 is 72.6 Å². The van der Waals surface area contributed by atoms with Crippen molar-refractivity contribution in [2.24, 2.45) is 0 Å². The van der Waals surface area contributed by atoms with Crippen molar-refractivity contribution in [1.29, 1.82) is 0 Å². The third-order valence-electron chi connectivity index (χ3n) is 14.6. The molecular weight excluding hydrogens is 1430 g/mol. The molecule has 0 saturated carbocycles. The number of hydrogen-bond donors (Lipinski definition) is 0. The summed E-state index contributed by atoms with van der Waals surface area (Å²) in [6, 6.07) is 73.5. The van der Waals surface area contributed by atoms with Crippen molar-refractivity contribution in [3.63, 3.8) is 0 Å². The van der Waals surface area contributed by atoms with Gasteiger partial charge in [-0.1, -0.05) is 70.8 Å². The van der Waals surface area contributed by atoms with Crippen LogP contribution in [-0.4, -0.2) is 38.8 Å². The van der Waals surface area contributed by atoms with Gasteiger partial charge in [0.05, 0.1) is 0 Å². The normalized spacial score (nSPS) is 12.7. The minimum Gasteiger partial charge on any atom is -1.00 e. The molecule has 82 heavy (non-hydrogen) atoms. The van der Waals surface area contributed by atoms with Gasteiger partial charge in [-0.15, -0.1) is 24.0 Å². The molecule has 0 radical (unpaired) electrons. The van der Waals surface area contributed by atoms with Gasteiger partial charge in [0.2, 0.25) is 0 Å². The number of hydrogen-bond acceptors (Lipinski definition) is 0. The molecule has 0 atom stereocenters. The largest absolute Gasteiger partial charge is 1.00 e. The van der Waals surface area contributed by atoms with Crippen molar-refractivity contribution >= 4 is 59.6 Å². The van der Waals surface area contributed by atoms with E-state index in [-0.39, 0.29) is 24.8 Å². The molecule has 0 fully saturated rings. The van der Waals surface area contributed by atoms with Gasteiger partial charge in [0.15, 0.2) is 0 Å². The Morgan fingerprint density at radius 3 is 0.841 bits per heavy atom. The molecule has 0 bridgehead atoms. The molecule has 0 spiro atoms. The minimum atomic E-state index is -1.19. The van der Waals surface area contributed by atoms with Crippen molar-refractivity contribution in [3.05, 3.63) is 287 Å². The molecule has 4 aliphatic rings. The van der Waals surface area contributed by atoms with E-state index in [0.717, 1.165) is 73.5 Å². The van der Waals surface area contributed by atoms with Crippen molar-refractivity contribution in [1.82, 2.24) is 0 Å². The summed E-state index contributed by atoms with van der Waals surface area (Å²) in [5.74, 6) is 0. The van der Waals surface area contributed by atoms with Gasteiger partial charge in [0.25, 0.3) is 0 Å². The Morgan fingerprint density at radius 1 is 0.341 bits per heavy atom. The third-order valence-corrected chi connectivity index (χ3v) is 27.0. The molecule has 8 aromatic carbocycles. The second-order valence-electron chi connectivity index (χ2n) is 24.9. The number of allylic oxidation sites excluding steroid dienone is 8. The Balaban J connectivity index is 0.000000191. The maximum atomic E-state index is 3.30. The molecule has 4 aliphatic carbocycles. The van der Waals surface area contributed by atoms with Gasteiger partial charge in [-0.2, -0.15) is 71.8 Å². The standard InChI is InChI=1S/2C19H26Si2.2C13H9.2C5H5.2ClH.2Hf/c2*1-20(2,3)18-11-7-16(8-12-18)15-17-9-13-19(14-10-17)21(4,5)6;2*1-3-7-12-10(5-1)9-11-6-2-4-8-13(11)12;2*1-2-4-5-3-1;;;;/h2*7-14H,1-6H3;2*1-5,7-8H,9H2;2*1-3H,4H2;2*1H;;/q;;4*-1;;;2*+2/p-2. The van der Waals surface area contributed by atoms with E-state index in [2.05, 4.69) is 285 Å². The van der Waals surface area contributed by atoms with Crippen LogP contribution in [0.15, 0.2) is 218 Å². The summed E-state index contributed by atoms with van der Waals surface area (Å²) in [6.07, 6.45) is 22.1. The van der Waals surface area contributed by atoms with E-state index in [9.17, 15) is 0 Å². The van der Waals surface area contributed by atoms with Crippen LogP contribution in [0.1, 0.15) is 57.3 Å². The summed E-state index contributed by atoms with van der Waals surface area (Å²) in [5, 5.41) is 6.17. The molecule has 0 unspecified atom stereocenters. The van der Waals surface area contributed by atoms with E-state index in [1.54, 1.807) is 20.7 Å². The molecule has 12 rings (SSSR count). The van der Waals surface area contributed by atoms with Gasteiger partial charge < -0.3 is 24.8 Å². The summed E-state index contributed by atoms with van der Waals surface area (Å²) in [7, 11) is -4.77. The number of rotatable bonds is 8. The average Bonchev–Trinajstić information content (AvgIpc) is 4.23. The van der Waals surface area contributed by atoms with E-state index < -0.39 is 32.3 Å². The summed E-state index contributed by atoms with van der Waals surface area (Å²) >= 11 is 2.16. The predicted molar refractivity (Wildman–Crippen MR) is 354 cm³/mol. The molecule has 0 nitrogen and oxygen atoms in total. The van der Waals surface area contributed by atoms with Gasteiger partial charge in [-0.25, -0.2) is 24.3 Å². The average molecular weight is 1510 g/mol. The smallest absolute Gasteiger partial charge is 0.0253 e. The van der Waals surface area contributed by atoms with E-state index in [0.29, 0.717) is 0 Å². The Hall–Kier alpha value is -4.35. The van der Waals surface area contributed by atoms with Crippen LogP contribution in [0, 0.1) is 24.3 Å². The number of fused-ring (bicyclic) bond motifs is 6. The summed E-state index contributed by atoms with van der Waals surface area (Å²) < 4.78 is 3.01. The van der Waals surface area contributed by atoms with E-state index >= 15 is 0 Å². The van der Waals surface area contributed by atoms with Gasteiger partial charge in [0, 0.05) is 0 Å². The van der Waals surface area contributed by atoms with Crippen molar-refractivity contribution in [3.8, 4) is 22.3 Å². The van der Waals surface area contributed by atoms with Crippen LogP contribution >= 0.6 is 0 Å². The first-order chi connectivity index (χ1) is 38.1. The SMILES string of the molecule is C[Si](C)(C)c1ccc([C](=[Hf+2])c2ccc([Si](C)(C)C)cc2)cc1.C[Si](C)(C)c1ccc([C](=[Hf+2])c2ccc([Si](C)(C)C)cc2)cc1.[C-]1=CC=CC1.[C-]1=CC=CC1.[Cl-].[Cl-].[c-]1cccc2c1Cc1ccccc1-2.[c-]1cccc2c1Cc1ccccc1-2. The molecule has 8 aromatic rings. The predicted octanol–water partition coefficient (Wildman–Crippen LogP) is 10.5.